The van der Waals surface area contributed by atoms with Crippen LogP contribution in [0.3, 0.4) is 0 Å². The lowest BCUT2D eigenvalue weighted by molar-refractivity contribution is 0.0882. The van der Waals surface area contributed by atoms with Crippen LogP contribution in [0.1, 0.15) is 75.7 Å². The minimum Gasteiger partial charge on any atom is -0.360 e. The predicted molar refractivity (Wildman–Crippen MR) is 98.4 cm³/mol. The van der Waals surface area contributed by atoms with Crippen molar-refractivity contribution in [2.24, 2.45) is 5.41 Å². The molecule has 5 nitrogen and oxygen atoms in total. The van der Waals surface area contributed by atoms with Crippen molar-refractivity contribution in [3.05, 3.63) is 17.0 Å². The van der Waals surface area contributed by atoms with Gasteiger partial charge in [-0.25, -0.2) is 0 Å². The molecule has 0 unspecified atom stereocenters. The number of hydrogen-bond donors (Lipinski definition) is 1. The number of hydrogen-bond acceptors (Lipinski definition) is 4. The summed E-state index contributed by atoms with van der Waals surface area (Å²) in [6.45, 7) is 16.6. The summed E-state index contributed by atoms with van der Waals surface area (Å²) in [5, 5.41) is 7.05. The Kier molecular flexibility index (Phi) is 8.46. The van der Waals surface area contributed by atoms with Crippen LogP contribution in [0.4, 0.5) is 0 Å². The fraction of sp³-hybridized carbons (Fsp3) is 0.789. The highest BCUT2D eigenvalue weighted by Gasteiger charge is 2.30. The summed E-state index contributed by atoms with van der Waals surface area (Å²) < 4.78 is 5.25. The Labute approximate surface area is 147 Å². The van der Waals surface area contributed by atoms with Gasteiger partial charge in [-0.15, -0.1) is 0 Å². The van der Waals surface area contributed by atoms with Gasteiger partial charge in [-0.1, -0.05) is 39.8 Å². The Balaban J connectivity index is 2.77. The molecule has 0 aromatic carbocycles. The van der Waals surface area contributed by atoms with Gasteiger partial charge in [-0.05, 0) is 44.7 Å². The van der Waals surface area contributed by atoms with Crippen LogP contribution in [-0.4, -0.2) is 42.1 Å². The van der Waals surface area contributed by atoms with E-state index in [1.165, 1.54) is 0 Å². The van der Waals surface area contributed by atoms with E-state index in [9.17, 15) is 4.79 Å². The summed E-state index contributed by atoms with van der Waals surface area (Å²) in [5.41, 5.74) is 1.38. The first-order valence-corrected chi connectivity index (χ1v) is 9.42. The Morgan fingerprint density at radius 2 is 1.88 bits per heavy atom. The highest BCUT2D eigenvalue weighted by molar-refractivity contribution is 5.93. The second kappa shape index (κ2) is 9.82. The molecule has 1 heterocycles. The third kappa shape index (κ3) is 5.07. The molecule has 0 spiro atoms. The topological polar surface area (TPSA) is 58.4 Å². The minimum atomic E-state index is -0.124. The van der Waals surface area contributed by atoms with E-state index in [1.54, 1.807) is 0 Å². The minimum absolute atomic E-state index is 0.103. The smallest absolute Gasteiger partial charge is 0.273 e. The quantitative estimate of drug-likeness (QED) is 0.667. The molecule has 0 atom stereocenters. The van der Waals surface area contributed by atoms with Crippen molar-refractivity contribution in [2.75, 3.05) is 26.2 Å². The van der Waals surface area contributed by atoms with Gasteiger partial charge in [0, 0.05) is 25.1 Å². The molecule has 0 aliphatic rings. The maximum atomic E-state index is 12.5. The van der Waals surface area contributed by atoms with E-state index in [0.717, 1.165) is 56.6 Å². The van der Waals surface area contributed by atoms with Gasteiger partial charge in [0.25, 0.3) is 5.91 Å². The average Bonchev–Trinajstić information content (AvgIpc) is 2.98. The molecule has 5 heteroatoms. The van der Waals surface area contributed by atoms with Gasteiger partial charge in [-0.2, -0.15) is 0 Å². The number of aryl methyl sites for hydroxylation is 1. The van der Waals surface area contributed by atoms with Gasteiger partial charge in [0.1, 0.15) is 5.76 Å². The van der Waals surface area contributed by atoms with E-state index < -0.39 is 0 Å². The van der Waals surface area contributed by atoms with E-state index in [2.05, 4.69) is 43.1 Å². The van der Waals surface area contributed by atoms with Crippen LogP contribution in [0.5, 0.6) is 0 Å². The zero-order valence-corrected chi connectivity index (χ0v) is 16.4. The molecule has 0 radical (unpaired) electrons. The average molecular weight is 338 g/mol. The van der Waals surface area contributed by atoms with Gasteiger partial charge in [0.2, 0.25) is 0 Å². The molecule has 0 saturated heterocycles. The first kappa shape index (κ1) is 20.7. The summed E-state index contributed by atoms with van der Waals surface area (Å²) in [6, 6.07) is 0. The van der Waals surface area contributed by atoms with Crippen LogP contribution in [-0.2, 0) is 6.42 Å². The molecule has 0 bridgehead atoms. The van der Waals surface area contributed by atoms with Crippen LogP contribution >= 0.6 is 0 Å². The first-order valence-electron chi connectivity index (χ1n) is 9.42. The zero-order valence-electron chi connectivity index (χ0n) is 16.4. The Morgan fingerprint density at radius 1 is 1.21 bits per heavy atom. The van der Waals surface area contributed by atoms with Crippen LogP contribution in [0, 0.1) is 12.3 Å². The normalized spacial score (nSPS) is 12.0. The van der Waals surface area contributed by atoms with Gasteiger partial charge in [0.15, 0.2) is 5.69 Å². The van der Waals surface area contributed by atoms with Crippen molar-refractivity contribution in [3.63, 3.8) is 0 Å². The maximum absolute atomic E-state index is 12.5. The molecule has 0 aliphatic heterocycles. The number of carbonyl (C=O) groups is 1. The molecule has 1 aromatic rings. The number of aromatic nitrogens is 1. The lowest BCUT2D eigenvalue weighted by Crippen LogP contribution is -2.45. The van der Waals surface area contributed by atoms with Crippen molar-refractivity contribution in [1.82, 2.24) is 15.4 Å². The highest BCUT2D eigenvalue weighted by Crippen LogP contribution is 2.27. The molecular formula is C19H35N3O2. The number of carbonyl (C=O) groups excluding carboxylic acids is 1. The molecule has 0 saturated carbocycles. The molecule has 1 rings (SSSR count). The second-order valence-electron chi connectivity index (χ2n) is 6.69. The van der Waals surface area contributed by atoms with E-state index in [-0.39, 0.29) is 11.3 Å². The standard InChI is InChI=1S/C19H35N3O2/c1-7-12-22(11-5)14-19(9-3,10-4)13-20-18(23)17-15(6)16(8-2)24-21-17/h7-14H2,1-6H3,(H,20,23). The van der Waals surface area contributed by atoms with E-state index in [0.29, 0.717) is 12.2 Å². The Bertz CT molecular complexity index is 507. The summed E-state index contributed by atoms with van der Waals surface area (Å²) >= 11 is 0. The fourth-order valence-electron chi connectivity index (χ4n) is 3.18. The molecular weight excluding hydrogens is 302 g/mol. The first-order chi connectivity index (χ1) is 11.5. The van der Waals surface area contributed by atoms with Gasteiger partial charge >= 0.3 is 0 Å². The molecule has 0 aliphatic carbocycles. The molecule has 138 valence electrons. The number of rotatable bonds is 11. The van der Waals surface area contributed by atoms with Crippen LogP contribution in [0.2, 0.25) is 0 Å². The van der Waals surface area contributed by atoms with Crippen molar-refractivity contribution in [2.45, 2.75) is 67.2 Å². The second-order valence-corrected chi connectivity index (χ2v) is 6.69. The molecule has 0 fully saturated rings. The Morgan fingerprint density at radius 3 is 2.33 bits per heavy atom. The van der Waals surface area contributed by atoms with Crippen LogP contribution < -0.4 is 5.32 Å². The van der Waals surface area contributed by atoms with E-state index in [1.807, 2.05) is 13.8 Å². The monoisotopic (exact) mass is 337 g/mol. The van der Waals surface area contributed by atoms with E-state index >= 15 is 0 Å². The Hall–Kier alpha value is -1.36. The predicted octanol–water partition coefficient (Wildman–Crippen LogP) is 3.81. The van der Waals surface area contributed by atoms with Crippen LogP contribution in [0.25, 0.3) is 0 Å². The van der Waals surface area contributed by atoms with Gasteiger partial charge in [-0.3, -0.25) is 4.79 Å². The summed E-state index contributed by atoms with van der Waals surface area (Å²) in [7, 11) is 0. The number of amides is 1. The third-order valence-corrected chi connectivity index (χ3v) is 5.23. The van der Waals surface area contributed by atoms with E-state index in [4.69, 9.17) is 4.52 Å². The maximum Gasteiger partial charge on any atom is 0.273 e. The van der Waals surface area contributed by atoms with Crippen molar-refractivity contribution in [3.8, 4) is 0 Å². The van der Waals surface area contributed by atoms with Gasteiger partial charge < -0.3 is 14.7 Å². The number of nitrogens with zero attached hydrogens (tertiary/aromatic N) is 2. The third-order valence-electron chi connectivity index (χ3n) is 5.23. The van der Waals surface area contributed by atoms with Gasteiger partial charge in [0.05, 0.1) is 0 Å². The lowest BCUT2D eigenvalue weighted by atomic mass is 9.81. The van der Waals surface area contributed by atoms with Crippen molar-refractivity contribution >= 4 is 5.91 Å². The molecule has 1 aromatic heterocycles. The summed E-state index contributed by atoms with van der Waals surface area (Å²) in [4.78, 5) is 15.0. The summed E-state index contributed by atoms with van der Waals surface area (Å²) in [6.07, 6.45) is 3.99. The SMILES string of the molecule is CCCN(CC)CC(CC)(CC)CNC(=O)c1noc(CC)c1C. The molecule has 1 amide bonds. The van der Waals surface area contributed by atoms with Crippen molar-refractivity contribution in [1.29, 1.82) is 0 Å². The molecule has 1 N–H and O–H groups in total. The van der Waals surface area contributed by atoms with Crippen LogP contribution in [0.15, 0.2) is 4.52 Å². The van der Waals surface area contributed by atoms with Crippen molar-refractivity contribution < 1.29 is 9.32 Å². The molecule has 24 heavy (non-hydrogen) atoms. The number of nitrogens with one attached hydrogen (secondary N) is 1. The lowest BCUT2D eigenvalue weighted by Gasteiger charge is -2.37. The summed E-state index contributed by atoms with van der Waals surface area (Å²) in [5.74, 6) is 0.665. The fourth-order valence-corrected chi connectivity index (χ4v) is 3.18. The highest BCUT2D eigenvalue weighted by atomic mass is 16.5. The zero-order chi connectivity index (χ0) is 18.2. The largest absolute Gasteiger partial charge is 0.360 e.